The van der Waals surface area contributed by atoms with Gasteiger partial charge in [-0.15, -0.1) is 0 Å². The molecule has 0 aromatic rings. The van der Waals surface area contributed by atoms with Crippen LogP contribution in [0.15, 0.2) is 24.3 Å². The number of esters is 1. The minimum atomic E-state index is -0.258. The van der Waals surface area contributed by atoms with E-state index < -0.39 is 0 Å². The highest BCUT2D eigenvalue weighted by atomic mass is 16.5. The van der Waals surface area contributed by atoms with Gasteiger partial charge in [0.1, 0.15) is 6.10 Å². The fourth-order valence-corrected chi connectivity index (χ4v) is 0.714. The van der Waals surface area contributed by atoms with Gasteiger partial charge in [-0.2, -0.15) is 0 Å². The fourth-order valence-electron chi connectivity index (χ4n) is 0.714. The van der Waals surface area contributed by atoms with Crippen molar-refractivity contribution >= 4 is 5.97 Å². The van der Waals surface area contributed by atoms with Crippen LogP contribution in [0, 0.1) is 0 Å². The van der Waals surface area contributed by atoms with E-state index in [-0.39, 0.29) is 12.1 Å². The van der Waals surface area contributed by atoms with Crippen LogP contribution < -0.4 is 0 Å². The normalized spacial score (nSPS) is 14.1. The van der Waals surface area contributed by atoms with Crippen molar-refractivity contribution in [3.8, 4) is 0 Å². The molecule has 0 aromatic carbocycles. The Morgan fingerprint density at radius 3 is 2.00 bits per heavy atom. The van der Waals surface area contributed by atoms with E-state index in [9.17, 15) is 4.79 Å². The lowest BCUT2D eigenvalue weighted by molar-refractivity contribution is -0.142. The number of ether oxygens (including phenoxy) is 1. The maximum Gasteiger partial charge on any atom is 0.303 e. The van der Waals surface area contributed by atoms with Crippen molar-refractivity contribution in [1.82, 2.24) is 0 Å². The predicted octanol–water partition coefficient (Wildman–Crippen LogP) is 2.07. The molecule has 0 saturated carbocycles. The smallest absolute Gasteiger partial charge is 0.303 e. The molecule has 0 N–H and O–H groups in total. The van der Waals surface area contributed by atoms with E-state index in [1.807, 2.05) is 38.2 Å². The summed E-state index contributed by atoms with van der Waals surface area (Å²) in [5.41, 5.74) is 0. The Morgan fingerprint density at radius 2 is 1.73 bits per heavy atom. The zero-order valence-electron chi connectivity index (χ0n) is 7.20. The second kappa shape index (κ2) is 5.71. The average Bonchev–Trinajstić information content (AvgIpc) is 1.87. The molecule has 0 fully saturated rings. The Hall–Kier alpha value is -1.05. The summed E-state index contributed by atoms with van der Waals surface area (Å²) in [5, 5.41) is 0. The minimum Gasteiger partial charge on any atom is -0.454 e. The van der Waals surface area contributed by atoms with Gasteiger partial charge in [-0.1, -0.05) is 12.2 Å². The van der Waals surface area contributed by atoms with Gasteiger partial charge in [0, 0.05) is 6.92 Å². The van der Waals surface area contributed by atoms with Gasteiger partial charge in [0.15, 0.2) is 0 Å². The SMILES string of the molecule is C/C=C\C(/C=C/C)OC(C)=O. The molecule has 0 radical (unpaired) electrons. The van der Waals surface area contributed by atoms with E-state index in [0.29, 0.717) is 0 Å². The van der Waals surface area contributed by atoms with Crippen LogP contribution in [0.1, 0.15) is 20.8 Å². The largest absolute Gasteiger partial charge is 0.454 e. The average molecular weight is 154 g/mol. The summed E-state index contributed by atoms with van der Waals surface area (Å²) in [7, 11) is 0. The number of allylic oxidation sites excluding steroid dienone is 2. The topological polar surface area (TPSA) is 26.3 Å². The molecule has 1 unspecified atom stereocenters. The summed E-state index contributed by atoms with van der Waals surface area (Å²) in [6, 6.07) is 0. The molecule has 0 amide bonds. The van der Waals surface area contributed by atoms with Gasteiger partial charge in [0.05, 0.1) is 0 Å². The monoisotopic (exact) mass is 154 g/mol. The van der Waals surface area contributed by atoms with Gasteiger partial charge in [-0.3, -0.25) is 4.79 Å². The standard InChI is InChI=1S/C9H14O2/c1-4-6-9(7-5-2)11-8(3)10/h4-7,9H,1-3H3/b6-4-,7-5+. The van der Waals surface area contributed by atoms with E-state index in [0.717, 1.165) is 0 Å². The maximum absolute atomic E-state index is 10.5. The highest BCUT2D eigenvalue weighted by Crippen LogP contribution is 1.97. The third-order valence-corrected chi connectivity index (χ3v) is 1.07. The number of carbonyl (C=O) groups is 1. The van der Waals surface area contributed by atoms with Gasteiger partial charge >= 0.3 is 5.97 Å². The molecule has 0 aromatic heterocycles. The molecule has 0 heterocycles. The molecule has 0 bridgehead atoms. The summed E-state index contributed by atoms with van der Waals surface area (Å²) in [5.74, 6) is -0.258. The quantitative estimate of drug-likeness (QED) is 0.459. The molecule has 1 atom stereocenters. The highest BCUT2D eigenvalue weighted by molar-refractivity contribution is 5.66. The molecule has 0 aliphatic carbocycles. The Bertz CT molecular complexity index is 156. The lowest BCUT2D eigenvalue weighted by Crippen LogP contribution is -2.10. The molecule has 0 spiro atoms. The Kier molecular flexibility index (Phi) is 5.17. The first-order valence-corrected chi connectivity index (χ1v) is 3.63. The minimum absolute atomic E-state index is 0.206. The molecule has 2 heteroatoms. The first kappa shape index (κ1) is 9.95. The van der Waals surface area contributed by atoms with Crippen molar-refractivity contribution in [2.75, 3.05) is 0 Å². The molecule has 0 aliphatic rings. The van der Waals surface area contributed by atoms with Gasteiger partial charge in [-0.05, 0) is 26.0 Å². The van der Waals surface area contributed by atoms with Crippen molar-refractivity contribution in [2.24, 2.45) is 0 Å². The number of rotatable bonds is 3. The van der Waals surface area contributed by atoms with Crippen LogP contribution in [-0.2, 0) is 9.53 Å². The highest BCUT2D eigenvalue weighted by Gasteiger charge is 2.00. The van der Waals surface area contributed by atoms with Gasteiger partial charge in [-0.25, -0.2) is 0 Å². The van der Waals surface area contributed by atoms with Gasteiger partial charge < -0.3 is 4.74 Å². The van der Waals surface area contributed by atoms with E-state index in [4.69, 9.17) is 4.74 Å². The summed E-state index contributed by atoms with van der Waals surface area (Å²) in [6.07, 6.45) is 7.15. The van der Waals surface area contributed by atoms with E-state index in [2.05, 4.69) is 0 Å². The fraction of sp³-hybridized carbons (Fsp3) is 0.444. The number of hydrogen-bond donors (Lipinski definition) is 0. The second-order valence-electron chi connectivity index (χ2n) is 2.13. The van der Waals surface area contributed by atoms with Crippen LogP contribution in [0.25, 0.3) is 0 Å². The van der Waals surface area contributed by atoms with E-state index >= 15 is 0 Å². The molecule has 62 valence electrons. The molecular formula is C9H14O2. The van der Waals surface area contributed by atoms with Crippen LogP contribution in [0.4, 0.5) is 0 Å². The zero-order chi connectivity index (χ0) is 8.69. The van der Waals surface area contributed by atoms with E-state index in [1.165, 1.54) is 6.92 Å². The Morgan fingerprint density at radius 1 is 1.27 bits per heavy atom. The summed E-state index contributed by atoms with van der Waals surface area (Å²) in [6.45, 7) is 5.18. The van der Waals surface area contributed by atoms with Crippen LogP contribution >= 0.6 is 0 Å². The second-order valence-corrected chi connectivity index (χ2v) is 2.13. The summed E-state index contributed by atoms with van der Waals surface area (Å²) >= 11 is 0. The summed E-state index contributed by atoms with van der Waals surface area (Å²) < 4.78 is 4.92. The summed E-state index contributed by atoms with van der Waals surface area (Å²) in [4.78, 5) is 10.5. The number of hydrogen-bond acceptors (Lipinski definition) is 2. The third kappa shape index (κ3) is 5.40. The predicted molar refractivity (Wildman–Crippen MR) is 45.2 cm³/mol. The van der Waals surface area contributed by atoms with Crippen molar-refractivity contribution in [1.29, 1.82) is 0 Å². The van der Waals surface area contributed by atoms with Gasteiger partial charge in [0.25, 0.3) is 0 Å². The lowest BCUT2D eigenvalue weighted by atomic mass is 10.3. The van der Waals surface area contributed by atoms with Crippen LogP contribution in [0.5, 0.6) is 0 Å². The molecular weight excluding hydrogens is 140 g/mol. The lowest BCUT2D eigenvalue weighted by Gasteiger charge is -2.06. The Labute approximate surface area is 67.6 Å². The third-order valence-electron chi connectivity index (χ3n) is 1.07. The number of carbonyl (C=O) groups excluding carboxylic acids is 1. The van der Waals surface area contributed by atoms with Crippen molar-refractivity contribution < 1.29 is 9.53 Å². The first-order chi connectivity index (χ1) is 5.20. The van der Waals surface area contributed by atoms with Crippen molar-refractivity contribution in [3.05, 3.63) is 24.3 Å². The van der Waals surface area contributed by atoms with Crippen LogP contribution in [0.3, 0.4) is 0 Å². The maximum atomic E-state index is 10.5. The Balaban J connectivity index is 3.99. The zero-order valence-corrected chi connectivity index (χ0v) is 7.20. The first-order valence-electron chi connectivity index (χ1n) is 3.63. The molecule has 0 rings (SSSR count). The van der Waals surface area contributed by atoms with E-state index in [1.54, 1.807) is 0 Å². The molecule has 0 saturated heterocycles. The molecule has 0 aliphatic heterocycles. The van der Waals surface area contributed by atoms with Crippen molar-refractivity contribution in [3.63, 3.8) is 0 Å². The van der Waals surface area contributed by atoms with Crippen LogP contribution in [-0.4, -0.2) is 12.1 Å². The molecule has 11 heavy (non-hydrogen) atoms. The van der Waals surface area contributed by atoms with Gasteiger partial charge in [0.2, 0.25) is 0 Å². The van der Waals surface area contributed by atoms with Crippen LogP contribution in [0.2, 0.25) is 0 Å². The van der Waals surface area contributed by atoms with Crippen molar-refractivity contribution in [2.45, 2.75) is 26.9 Å². The molecule has 2 nitrogen and oxygen atoms in total.